The number of fused-ring (bicyclic) bond motifs is 1. The Morgan fingerprint density at radius 1 is 1.15 bits per heavy atom. The minimum Gasteiger partial charge on any atom is -0.481 e. The minimum atomic E-state index is -5.06. The Hall–Kier alpha value is -2.67. The molecule has 3 rings (SSSR count). The van der Waals surface area contributed by atoms with Crippen LogP contribution in [-0.2, 0) is 34.1 Å². The Bertz CT molecular complexity index is 1240. The fourth-order valence-corrected chi connectivity index (χ4v) is 6.28. The molecule has 0 aliphatic heterocycles. The molecule has 2 aromatic rings. The van der Waals surface area contributed by atoms with Crippen LogP contribution in [0, 0.1) is 5.92 Å². The molecule has 1 unspecified atom stereocenters. The third-order valence-electron chi connectivity index (χ3n) is 6.73. The molecule has 0 bridgehead atoms. The van der Waals surface area contributed by atoms with E-state index in [0.717, 1.165) is 41.8 Å². The monoisotopic (exact) mass is 572 g/mol. The number of nitrogens with one attached hydrogen (secondary N) is 1. The van der Waals surface area contributed by atoms with Crippen molar-refractivity contribution in [2.45, 2.75) is 68.9 Å². The van der Waals surface area contributed by atoms with Gasteiger partial charge in [0.25, 0.3) is 0 Å². The van der Waals surface area contributed by atoms with Gasteiger partial charge in [-0.05, 0) is 74.3 Å². The molecule has 12 heteroatoms. The van der Waals surface area contributed by atoms with Crippen molar-refractivity contribution >= 4 is 16.0 Å². The van der Waals surface area contributed by atoms with Crippen LogP contribution in [0.2, 0.25) is 0 Å². The number of hydrogen-bond acceptors (Lipinski definition) is 6. The summed E-state index contributed by atoms with van der Waals surface area (Å²) in [6.45, 7) is 3.84. The molecule has 0 saturated carbocycles. The van der Waals surface area contributed by atoms with Gasteiger partial charge in [-0.25, -0.2) is 8.42 Å². The molecular formula is C27H35F3N2O6S. The molecule has 0 fully saturated rings. The molecule has 216 valence electrons. The summed E-state index contributed by atoms with van der Waals surface area (Å²) in [4.78, 5) is 10.4. The minimum absolute atomic E-state index is 0.0594. The fourth-order valence-electron chi connectivity index (χ4n) is 4.99. The van der Waals surface area contributed by atoms with E-state index in [-0.39, 0.29) is 30.6 Å². The molecule has 1 aliphatic rings. The van der Waals surface area contributed by atoms with Crippen molar-refractivity contribution in [3.63, 3.8) is 0 Å². The van der Waals surface area contributed by atoms with Gasteiger partial charge in [-0.3, -0.25) is 4.79 Å². The second-order valence-electron chi connectivity index (χ2n) is 10.7. The summed E-state index contributed by atoms with van der Waals surface area (Å²) in [5, 5.41) is 22.8. The van der Waals surface area contributed by atoms with Gasteiger partial charge in [0.2, 0.25) is 10.0 Å². The number of carboxylic acid groups (broad SMARTS) is 1. The molecule has 1 aliphatic carbocycles. The Morgan fingerprint density at radius 3 is 2.33 bits per heavy atom. The second kappa shape index (κ2) is 12.2. The maximum Gasteiger partial charge on any atom is 0.573 e. The zero-order chi connectivity index (χ0) is 29.0. The van der Waals surface area contributed by atoms with Crippen molar-refractivity contribution in [1.82, 2.24) is 9.62 Å². The van der Waals surface area contributed by atoms with Crippen LogP contribution in [-0.4, -0.2) is 67.0 Å². The van der Waals surface area contributed by atoms with Crippen LogP contribution >= 0.6 is 0 Å². The number of carboxylic acids is 1. The van der Waals surface area contributed by atoms with E-state index >= 15 is 0 Å². The van der Waals surface area contributed by atoms with Gasteiger partial charge in [0.05, 0.1) is 11.0 Å². The molecule has 3 N–H and O–H groups in total. The van der Waals surface area contributed by atoms with E-state index in [1.54, 1.807) is 0 Å². The smallest absolute Gasteiger partial charge is 0.481 e. The molecule has 0 heterocycles. The number of sulfonamides is 1. The summed E-state index contributed by atoms with van der Waals surface area (Å²) in [6, 6.07) is 11.1. The summed E-state index contributed by atoms with van der Waals surface area (Å²) in [5.41, 5.74) is 2.43. The number of carbonyl (C=O) groups is 1. The van der Waals surface area contributed by atoms with Crippen molar-refractivity contribution in [2.75, 3.05) is 20.1 Å². The van der Waals surface area contributed by atoms with Gasteiger partial charge >= 0.3 is 12.3 Å². The lowest BCUT2D eigenvalue weighted by atomic mass is 9.88. The van der Waals surface area contributed by atoms with Crippen LogP contribution in [0.25, 0.3) is 0 Å². The number of likely N-dealkylation sites (N-methyl/N-ethyl adjacent to an activating group) is 1. The first-order valence-corrected chi connectivity index (χ1v) is 14.1. The van der Waals surface area contributed by atoms with Gasteiger partial charge in [-0.2, -0.15) is 4.31 Å². The number of halogens is 3. The third kappa shape index (κ3) is 9.20. The highest BCUT2D eigenvalue weighted by atomic mass is 32.2. The Balaban J connectivity index is 1.62. The highest BCUT2D eigenvalue weighted by Crippen LogP contribution is 2.32. The van der Waals surface area contributed by atoms with E-state index in [1.165, 1.54) is 18.2 Å². The van der Waals surface area contributed by atoms with Crippen molar-refractivity contribution in [1.29, 1.82) is 0 Å². The maximum absolute atomic E-state index is 13.2. The number of rotatable bonds is 13. The lowest BCUT2D eigenvalue weighted by Crippen LogP contribution is -2.47. The van der Waals surface area contributed by atoms with Crippen LogP contribution in [0.3, 0.4) is 0 Å². The van der Waals surface area contributed by atoms with Crippen LogP contribution < -0.4 is 10.1 Å². The first-order valence-electron chi connectivity index (χ1n) is 12.6. The Labute approximate surface area is 226 Å². The highest BCUT2D eigenvalue weighted by molar-refractivity contribution is 7.89. The highest BCUT2D eigenvalue weighted by Gasteiger charge is 2.33. The first kappa shape index (κ1) is 30.9. The predicted molar refractivity (Wildman–Crippen MR) is 139 cm³/mol. The Kier molecular flexibility index (Phi) is 9.69. The number of aliphatic hydroxyl groups is 1. The van der Waals surface area contributed by atoms with E-state index in [2.05, 4.69) is 22.2 Å². The largest absolute Gasteiger partial charge is 0.573 e. The average molecular weight is 573 g/mol. The number of nitrogens with zero attached hydrogens (tertiary/aromatic N) is 1. The summed E-state index contributed by atoms with van der Waals surface area (Å²) in [7, 11) is -3.11. The number of hydrogen-bond donors (Lipinski definition) is 3. The number of aryl methyl sites for hydroxylation is 1. The van der Waals surface area contributed by atoms with Gasteiger partial charge in [0, 0.05) is 38.2 Å². The zero-order valence-electron chi connectivity index (χ0n) is 22.2. The number of benzene rings is 2. The van der Waals surface area contributed by atoms with E-state index < -0.39 is 45.5 Å². The van der Waals surface area contributed by atoms with Gasteiger partial charge in [0.1, 0.15) is 5.75 Å². The molecule has 1 atom stereocenters. The van der Waals surface area contributed by atoms with Crippen molar-refractivity contribution < 1.29 is 41.3 Å². The van der Waals surface area contributed by atoms with Crippen LogP contribution in [0.1, 0.15) is 43.4 Å². The Morgan fingerprint density at radius 2 is 1.77 bits per heavy atom. The predicted octanol–water partition coefficient (Wildman–Crippen LogP) is 3.76. The van der Waals surface area contributed by atoms with E-state index in [1.807, 2.05) is 26.0 Å². The van der Waals surface area contributed by atoms with Gasteiger partial charge < -0.3 is 20.3 Å². The molecule has 0 spiro atoms. The SMILES string of the molecule is CN(CC(O)CNC(C)(C)CC1Cc2ccccc2C1)S(=O)(=O)c1cc(CCC(=O)O)cc(OC(F)(F)F)c1. The van der Waals surface area contributed by atoms with Crippen LogP contribution in [0.15, 0.2) is 47.4 Å². The molecule has 39 heavy (non-hydrogen) atoms. The van der Waals surface area contributed by atoms with Gasteiger partial charge in [0.15, 0.2) is 0 Å². The molecule has 0 aromatic heterocycles. The van der Waals surface area contributed by atoms with E-state index in [4.69, 9.17) is 5.11 Å². The van der Waals surface area contributed by atoms with Crippen LogP contribution in [0.4, 0.5) is 13.2 Å². The lowest BCUT2D eigenvalue weighted by molar-refractivity contribution is -0.274. The van der Waals surface area contributed by atoms with Crippen molar-refractivity contribution in [3.05, 3.63) is 59.2 Å². The van der Waals surface area contributed by atoms with Gasteiger partial charge in [-0.15, -0.1) is 13.2 Å². The van der Waals surface area contributed by atoms with Crippen LogP contribution in [0.5, 0.6) is 5.75 Å². The number of alkyl halides is 3. The molecule has 8 nitrogen and oxygen atoms in total. The summed E-state index contributed by atoms with van der Waals surface area (Å²) < 4.78 is 69.5. The molecule has 0 saturated heterocycles. The quantitative estimate of drug-likeness (QED) is 0.335. The van der Waals surface area contributed by atoms with E-state index in [0.29, 0.717) is 5.92 Å². The number of aliphatic carboxylic acids is 1. The molecule has 2 aromatic carbocycles. The summed E-state index contributed by atoms with van der Waals surface area (Å²) >= 11 is 0. The first-order chi connectivity index (χ1) is 18.0. The van der Waals surface area contributed by atoms with E-state index in [9.17, 15) is 31.5 Å². The third-order valence-corrected chi connectivity index (χ3v) is 8.53. The fraction of sp³-hybridized carbons (Fsp3) is 0.519. The maximum atomic E-state index is 13.2. The molecular weight excluding hydrogens is 537 g/mol. The topological polar surface area (TPSA) is 116 Å². The normalized spacial score (nSPS) is 15.4. The zero-order valence-corrected chi connectivity index (χ0v) is 23.0. The summed E-state index contributed by atoms with van der Waals surface area (Å²) in [6.07, 6.45) is -3.93. The standard InChI is InChI=1S/C27H35F3N2O6S/c1-26(2,15-19-10-20-6-4-5-7-21(20)11-19)31-16-22(33)17-32(3)39(36,37)24-13-18(8-9-25(34)35)12-23(14-24)38-27(28,29)30/h4-7,12-14,19,22,31,33H,8-11,15-17H2,1-3H3,(H,34,35). The number of ether oxygens (including phenoxy) is 1. The summed E-state index contributed by atoms with van der Waals surface area (Å²) in [5.74, 6) is -1.50. The number of aliphatic hydroxyl groups excluding tert-OH is 1. The average Bonchev–Trinajstić information content (AvgIpc) is 3.21. The lowest BCUT2D eigenvalue weighted by Gasteiger charge is -2.31. The van der Waals surface area contributed by atoms with Gasteiger partial charge in [-0.1, -0.05) is 24.3 Å². The van der Waals surface area contributed by atoms with Crippen molar-refractivity contribution in [2.24, 2.45) is 5.92 Å². The molecule has 0 radical (unpaired) electrons. The van der Waals surface area contributed by atoms with Crippen molar-refractivity contribution in [3.8, 4) is 5.75 Å². The second-order valence-corrected chi connectivity index (χ2v) is 12.8. The molecule has 0 amide bonds. The number of β-amino-alcohol motifs (C(OH)–C–C–N with tert-alkyl or cyclic N) is 1.